The Bertz CT molecular complexity index is 331. The summed E-state index contributed by atoms with van der Waals surface area (Å²) in [5.41, 5.74) is 1.33. The number of aryl methyl sites for hydroxylation is 1. The summed E-state index contributed by atoms with van der Waals surface area (Å²) in [6, 6.07) is 0. The average molecular weight is 257 g/mol. The molecule has 1 aliphatic rings. The standard InChI is InChI=1S/C12H21ClN4/c1-15-11-12(10-14-15)2-4-16-6-8-17(5-3-13)9-7-16/h10-11H,2-9H2,1H3. The maximum atomic E-state index is 5.75. The van der Waals surface area contributed by atoms with Gasteiger partial charge in [0.1, 0.15) is 0 Å². The minimum Gasteiger partial charge on any atom is -0.300 e. The highest BCUT2D eigenvalue weighted by Crippen LogP contribution is 2.04. The Kier molecular flexibility index (Phi) is 4.83. The van der Waals surface area contributed by atoms with Crippen LogP contribution in [0.4, 0.5) is 0 Å². The van der Waals surface area contributed by atoms with Gasteiger partial charge in [-0.2, -0.15) is 5.10 Å². The van der Waals surface area contributed by atoms with Crippen LogP contribution in [0.5, 0.6) is 0 Å². The average Bonchev–Trinajstić information content (AvgIpc) is 2.75. The van der Waals surface area contributed by atoms with Gasteiger partial charge in [0.2, 0.25) is 0 Å². The highest BCUT2D eigenvalue weighted by molar-refractivity contribution is 6.18. The lowest BCUT2D eigenvalue weighted by Gasteiger charge is -2.34. The van der Waals surface area contributed by atoms with Gasteiger partial charge in [0.15, 0.2) is 0 Å². The number of hydrogen-bond acceptors (Lipinski definition) is 3. The molecule has 0 bridgehead atoms. The molecule has 1 aromatic rings. The molecule has 0 atom stereocenters. The van der Waals surface area contributed by atoms with Crippen LogP contribution >= 0.6 is 11.6 Å². The maximum absolute atomic E-state index is 5.75. The van der Waals surface area contributed by atoms with Gasteiger partial charge in [0.25, 0.3) is 0 Å². The molecule has 2 heterocycles. The zero-order valence-electron chi connectivity index (χ0n) is 10.5. The molecule has 2 rings (SSSR count). The number of aromatic nitrogens is 2. The minimum absolute atomic E-state index is 0.746. The van der Waals surface area contributed by atoms with Crippen molar-refractivity contribution in [1.82, 2.24) is 19.6 Å². The predicted octanol–water partition coefficient (Wildman–Crippen LogP) is 0.819. The fraction of sp³-hybridized carbons (Fsp3) is 0.750. The first kappa shape index (κ1) is 12.9. The summed E-state index contributed by atoms with van der Waals surface area (Å²) in [6.45, 7) is 6.80. The van der Waals surface area contributed by atoms with E-state index in [0.29, 0.717) is 0 Å². The predicted molar refractivity (Wildman–Crippen MR) is 70.5 cm³/mol. The quantitative estimate of drug-likeness (QED) is 0.729. The van der Waals surface area contributed by atoms with Crippen LogP contribution in [-0.2, 0) is 13.5 Å². The molecular formula is C12H21ClN4. The lowest BCUT2D eigenvalue weighted by molar-refractivity contribution is 0.139. The minimum atomic E-state index is 0.746. The second-order valence-corrected chi connectivity index (χ2v) is 5.02. The molecule has 0 spiro atoms. The molecule has 4 nitrogen and oxygen atoms in total. The molecule has 0 aliphatic carbocycles. The van der Waals surface area contributed by atoms with Gasteiger partial charge >= 0.3 is 0 Å². The highest BCUT2D eigenvalue weighted by Gasteiger charge is 2.15. The molecule has 0 amide bonds. The monoisotopic (exact) mass is 256 g/mol. The van der Waals surface area contributed by atoms with Crippen molar-refractivity contribution in [2.24, 2.45) is 7.05 Å². The van der Waals surface area contributed by atoms with Crippen molar-refractivity contribution >= 4 is 11.6 Å². The number of alkyl halides is 1. The molecule has 1 fully saturated rings. The van der Waals surface area contributed by atoms with Crippen molar-refractivity contribution in [2.75, 3.05) is 45.1 Å². The third kappa shape index (κ3) is 3.98. The van der Waals surface area contributed by atoms with Crippen LogP contribution in [0, 0.1) is 0 Å². The summed E-state index contributed by atoms with van der Waals surface area (Å²) in [7, 11) is 1.97. The van der Waals surface area contributed by atoms with Crippen molar-refractivity contribution in [1.29, 1.82) is 0 Å². The van der Waals surface area contributed by atoms with Crippen LogP contribution in [0.1, 0.15) is 5.56 Å². The largest absolute Gasteiger partial charge is 0.300 e. The van der Waals surface area contributed by atoms with Crippen LogP contribution in [0.2, 0.25) is 0 Å². The molecule has 5 heteroatoms. The van der Waals surface area contributed by atoms with Crippen molar-refractivity contribution in [3.63, 3.8) is 0 Å². The SMILES string of the molecule is Cn1cc(CCN2CCN(CCCl)CC2)cn1. The Hall–Kier alpha value is -0.580. The molecular weight excluding hydrogens is 236 g/mol. The first-order chi connectivity index (χ1) is 8.28. The van der Waals surface area contributed by atoms with Gasteiger partial charge in [-0.05, 0) is 12.0 Å². The van der Waals surface area contributed by atoms with E-state index < -0.39 is 0 Å². The summed E-state index contributed by atoms with van der Waals surface area (Å²) >= 11 is 5.75. The number of nitrogens with zero attached hydrogens (tertiary/aromatic N) is 4. The smallest absolute Gasteiger partial charge is 0.0522 e. The molecule has 1 aromatic heterocycles. The fourth-order valence-electron chi connectivity index (χ4n) is 2.24. The van der Waals surface area contributed by atoms with Crippen LogP contribution in [-0.4, -0.2) is 64.7 Å². The van der Waals surface area contributed by atoms with Crippen LogP contribution in [0.15, 0.2) is 12.4 Å². The molecule has 17 heavy (non-hydrogen) atoms. The van der Waals surface area contributed by atoms with E-state index in [1.807, 2.05) is 17.9 Å². The zero-order valence-corrected chi connectivity index (χ0v) is 11.2. The first-order valence-corrected chi connectivity index (χ1v) is 6.79. The van der Waals surface area contributed by atoms with Crippen LogP contribution in [0.25, 0.3) is 0 Å². The second kappa shape index (κ2) is 6.38. The molecule has 96 valence electrons. The van der Waals surface area contributed by atoms with Crippen molar-refractivity contribution in [3.8, 4) is 0 Å². The topological polar surface area (TPSA) is 24.3 Å². The Balaban J connectivity index is 1.68. The van der Waals surface area contributed by atoms with E-state index in [0.717, 1.165) is 51.6 Å². The van der Waals surface area contributed by atoms with E-state index in [-0.39, 0.29) is 0 Å². The van der Waals surface area contributed by atoms with Crippen LogP contribution < -0.4 is 0 Å². The molecule has 0 radical (unpaired) electrons. The van der Waals surface area contributed by atoms with E-state index in [2.05, 4.69) is 21.1 Å². The Morgan fingerprint density at radius 2 is 1.82 bits per heavy atom. The maximum Gasteiger partial charge on any atom is 0.0522 e. The first-order valence-electron chi connectivity index (χ1n) is 6.26. The van der Waals surface area contributed by atoms with E-state index in [1.54, 1.807) is 0 Å². The third-order valence-electron chi connectivity index (χ3n) is 3.34. The number of rotatable bonds is 5. The van der Waals surface area contributed by atoms with Gasteiger partial charge in [-0.1, -0.05) is 0 Å². The summed E-state index contributed by atoms with van der Waals surface area (Å²) < 4.78 is 1.87. The van der Waals surface area contributed by atoms with E-state index in [1.165, 1.54) is 5.56 Å². The Morgan fingerprint density at radius 1 is 1.18 bits per heavy atom. The van der Waals surface area contributed by atoms with Crippen molar-refractivity contribution in [2.45, 2.75) is 6.42 Å². The second-order valence-electron chi connectivity index (χ2n) is 4.64. The number of hydrogen-bond donors (Lipinski definition) is 0. The summed E-state index contributed by atoms with van der Waals surface area (Å²) in [5, 5.41) is 4.19. The Labute approximate surface area is 108 Å². The number of halogens is 1. The van der Waals surface area contributed by atoms with Crippen molar-refractivity contribution in [3.05, 3.63) is 18.0 Å². The van der Waals surface area contributed by atoms with Gasteiger partial charge in [0, 0.05) is 58.4 Å². The summed E-state index contributed by atoms with van der Waals surface area (Å²) in [6.07, 6.45) is 5.16. The van der Waals surface area contributed by atoms with E-state index >= 15 is 0 Å². The Morgan fingerprint density at radius 3 is 2.35 bits per heavy atom. The summed E-state index contributed by atoms with van der Waals surface area (Å²) in [4.78, 5) is 4.96. The fourth-order valence-corrected chi connectivity index (χ4v) is 2.48. The zero-order chi connectivity index (χ0) is 12.1. The molecule has 0 aromatic carbocycles. The van der Waals surface area contributed by atoms with Gasteiger partial charge in [-0.25, -0.2) is 0 Å². The molecule has 1 aliphatic heterocycles. The van der Waals surface area contributed by atoms with Gasteiger partial charge in [-0.15, -0.1) is 11.6 Å². The van der Waals surface area contributed by atoms with E-state index in [4.69, 9.17) is 11.6 Å². The lowest BCUT2D eigenvalue weighted by Crippen LogP contribution is -2.47. The lowest BCUT2D eigenvalue weighted by atomic mass is 10.2. The van der Waals surface area contributed by atoms with E-state index in [9.17, 15) is 0 Å². The molecule has 0 N–H and O–H groups in total. The molecule has 0 saturated carbocycles. The van der Waals surface area contributed by atoms with Crippen LogP contribution in [0.3, 0.4) is 0 Å². The number of piperazine rings is 1. The third-order valence-corrected chi connectivity index (χ3v) is 3.51. The molecule has 1 saturated heterocycles. The van der Waals surface area contributed by atoms with Gasteiger partial charge in [-0.3, -0.25) is 9.58 Å². The van der Waals surface area contributed by atoms with Gasteiger partial charge < -0.3 is 4.90 Å². The van der Waals surface area contributed by atoms with Crippen molar-refractivity contribution < 1.29 is 0 Å². The normalized spacial score (nSPS) is 18.7. The molecule has 0 unspecified atom stereocenters. The summed E-state index contributed by atoms with van der Waals surface area (Å²) in [5.74, 6) is 0.746. The van der Waals surface area contributed by atoms with Gasteiger partial charge in [0.05, 0.1) is 6.20 Å². The highest BCUT2D eigenvalue weighted by atomic mass is 35.5.